The monoisotopic (exact) mass is 361 g/mol. The summed E-state index contributed by atoms with van der Waals surface area (Å²) < 4.78 is 5.57. The smallest absolute Gasteiger partial charge is 0.253 e. The predicted molar refractivity (Wildman–Crippen MR) is 103 cm³/mol. The van der Waals surface area contributed by atoms with Crippen LogP contribution in [0, 0.1) is 0 Å². The van der Waals surface area contributed by atoms with Crippen molar-refractivity contribution in [2.45, 2.75) is 44.8 Å². The molecule has 0 saturated carbocycles. The van der Waals surface area contributed by atoms with Gasteiger partial charge >= 0.3 is 0 Å². The highest BCUT2D eigenvalue weighted by Crippen LogP contribution is 2.14. The number of thiocarbonyl (C=S) groups is 1. The van der Waals surface area contributed by atoms with Crippen LogP contribution in [0.2, 0.25) is 0 Å². The van der Waals surface area contributed by atoms with Crippen molar-refractivity contribution >= 4 is 23.2 Å². The van der Waals surface area contributed by atoms with Gasteiger partial charge in [-0.2, -0.15) is 0 Å². The minimum absolute atomic E-state index is 0.139. The van der Waals surface area contributed by atoms with Crippen LogP contribution in [-0.4, -0.2) is 48.3 Å². The van der Waals surface area contributed by atoms with E-state index in [1.165, 1.54) is 6.42 Å². The molecule has 136 valence electrons. The number of hydrogen-bond donors (Lipinski definition) is 2. The average Bonchev–Trinajstić information content (AvgIpc) is 3.19. The van der Waals surface area contributed by atoms with Gasteiger partial charge in [-0.25, -0.2) is 0 Å². The van der Waals surface area contributed by atoms with E-state index in [-0.39, 0.29) is 12.0 Å². The van der Waals surface area contributed by atoms with Crippen LogP contribution in [-0.2, 0) is 11.3 Å². The van der Waals surface area contributed by atoms with Crippen LogP contribution >= 0.6 is 12.2 Å². The lowest BCUT2D eigenvalue weighted by molar-refractivity contribution is 0.0724. The van der Waals surface area contributed by atoms with Gasteiger partial charge in [0.25, 0.3) is 5.91 Å². The van der Waals surface area contributed by atoms with Gasteiger partial charge in [-0.3, -0.25) is 4.79 Å². The molecule has 2 heterocycles. The lowest BCUT2D eigenvalue weighted by Gasteiger charge is -2.26. The summed E-state index contributed by atoms with van der Waals surface area (Å²) in [5, 5.41) is 7.04. The maximum atomic E-state index is 12.6. The number of rotatable bonds is 5. The van der Waals surface area contributed by atoms with Crippen molar-refractivity contribution < 1.29 is 9.53 Å². The summed E-state index contributed by atoms with van der Waals surface area (Å²) >= 11 is 5.32. The van der Waals surface area contributed by atoms with Crippen molar-refractivity contribution in [1.29, 1.82) is 0 Å². The Morgan fingerprint density at radius 3 is 2.80 bits per heavy atom. The number of likely N-dealkylation sites (tertiary alicyclic amines) is 1. The molecular weight excluding hydrogens is 334 g/mol. The molecule has 2 N–H and O–H groups in total. The van der Waals surface area contributed by atoms with Crippen molar-refractivity contribution in [3.8, 4) is 0 Å². The van der Waals surface area contributed by atoms with E-state index in [2.05, 4.69) is 10.6 Å². The minimum atomic E-state index is 0.139. The number of ether oxygens (including phenoxy) is 1. The fourth-order valence-corrected chi connectivity index (χ4v) is 3.51. The molecule has 0 spiro atoms. The van der Waals surface area contributed by atoms with E-state index >= 15 is 0 Å². The number of nitrogens with zero attached hydrogens (tertiary/aromatic N) is 1. The zero-order valence-corrected chi connectivity index (χ0v) is 15.4. The molecule has 25 heavy (non-hydrogen) atoms. The first-order chi connectivity index (χ1) is 12.2. The summed E-state index contributed by atoms with van der Waals surface area (Å²) in [7, 11) is 0. The SMILES string of the molecule is O=C(c1cccc(CNC(=S)NCC2CCCO2)c1)N1CCCCC1. The highest BCUT2D eigenvalue weighted by atomic mass is 32.1. The Hall–Kier alpha value is -1.66. The molecular formula is C19H27N3O2S. The maximum Gasteiger partial charge on any atom is 0.253 e. The molecule has 5 nitrogen and oxygen atoms in total. The molecule has 2 fully saturated rings. The van der Waals surface area contributed by atoms with Gasteiger partial charge in [0.1, 0.15) is 0 Å². The second kappa shape index (κ2) is 9.15. The second-order valence-electron chi connectivity index (χ2n) is 6.75. The zero-order chi connectivity index (χ0) is 17.5. The number of amides is 1. The van der Waals surface area contributed by atoms with E-state index in [0.717, 1.165) is 63.1 Å². The Balaban J connectivity index is 1.47. The van der Waals surface area contributed by atoms with Crippen LogP contribution in [0.5, 0.6) is 0 Å². The van der Waals surface area contributed by atoms with Gasteiger partial charge in [0, 0.05) is 38.3 Å². The summed E-state index contributed by atoms with van der Waals surface area (Å²) in [5.74, 6) is 0.139. The first kappa shape index (κ1) is 18.1. The molecule has 6 heteroatoms. The predicted octanol–water partition coefficient (Wildman–Crippen LogP) is 2.46. The van der Waals surface area contributed by atoms with E-state index < -0.39 is 0 Å². The second-order valence-corrected chi connectivity index (χ2v) is 7.16. The summed E-state index contributed by atoms with van der Waals surface area (Å²) in [4.78, 5) is 14.6. The molecule has 1 amide bonds. The van der Waals surface area contributed by atoms with Crippen LogP contribution in [0.3, 0.4) is 0 Å². The topological polar surface area (TPSA) is 53.6 Å². The van der Waals surface area contributed by atoms with E-state index in [4.69, 9.17) is 17.0 Å². The highest BCUT2D eigenvalue weighted by molar-refractivity contribution is 7.80. The fourth-order valence-electron chi connectivity index (χ4n) is 3.35. The van der Waals surface area contributed by atoms with Crippen molar-refractivity contribution in [2.24, 2.45) is 0 Å². The molecule has 2 saturated heterocycles. The standard InChI is InChI=1S/C19H27N3O2S/c23-18(22-9-2-1-3-10-22)16-7-4-6-15(12-16)13-20-19(25)21-14-17-8-5-11-24-17/h4,6-7,12,17H,1-3,5,8-11,13-14H2,(H2,20,21,25). The van der Waals surface area contributed by atoms with Gasteiger partial charge in [-0.15, -0.1) is 0 Å². The molecule has 1 atom stereocenters. The molecule has 1 unspecified atom stereocenters. The summed E-state index contributed by atoms with van der Waals surface area (Å²) in [6.45, 7) is 3.96. The van der Waals surface area contributed by atoms with Crippen LogP contribution in [0.25, 0.3) is 0 Å². The number of carbonyl (C=O) groups excluding carboxylic acids is 1. The first-order valence-corrected chi connectivity index (χ1v) is 9.65. The van der Waals surface area contributed by atoms with Crippen molar-refractivity contribution in [1.82, 2.24) is 15.5 Å². The largest absolute Gasteiger partial charge is 0.376 e. The van der Waals surface area contributed by atoms with Gasteiger partial charge in [-0.05, 0) is 62.0 Å². The highest BCUT2D eigenvalue weighted by Gasteiger charge is 2.18. The lowest BCUT2D eigenvalue weighted by atomic mass is 10.1. The van der Waals surface area contributed by atoms with Gasteiger partial charge in [0.15, 0.2) is 5.11 Å². The normalized spacial score (nSPS) is 20.3. The van der Waals surface area contributed by atoms with Crippen LogP contribution in [0.4, 0.5) is 0 Å². The zero-order valence-electron chi connectivity index (χ0n) is 14.6. The number of benzene rings is 1. The molecule has 0 aromatic heterocycles. The number of hydrogen-bond acceptors (Lipinski definition) is 3. The fraction of sp³-hybridized carbons (Fsp3) is 0.579. The van der Waals surface area contributed by atoms with E-state index in [1.807, 2.05) is 29.2 Å². The average molecular weight is 362 g/mol. The lowest BCUT2D eigenvalue weighted by Crippen LogP contribution is -2.39. The summed E-state index contributed by atoms with van der Waals surface area (Å²) in [6.07, 6.45) is 5.94. The van der Waals surface area contributed by atoms with Crippen LogP contribution < -0.4 is 10.6 Å². The maximum absolute atomic E-state index is 12.6. The van der Waals surface area contributed by atoms with Crippen LogP contribution in [0.15, 0.2) is 24.3 Å². The van der Waals surface area contributed by atoms with Crippen molar-refractivity contribution in [3.63, 3.8) is 0 Å². The molecule has 1 aromatic carbocycles. The Kier molecular flexibility index (Phi) is 6.64. The third kappa shape index (κ3) is 5.41. The Labute approximate surface area is 155 Å². The molecule has 0 bridgehead atoms. The van der Waals surface area contributed by atoms with Crippen molar-refractivity contribution in [2.75, 3.05) is 26.2 Å². The number of piperidine rings is 1. The minimum Gasteiger partial charge on any atom is -0.376 e. The van der Waals surface area contributed by atoms with E-state index in [9.17, 15) is 4.79 Å². The van der Waals surface area contributed by atoms with Gasteiger partial charge < -0.3 is 20.3 Å². The number of carbonyl (C=O) groups is 1. The molecule has 2 aliphatic heterocycles. The summed E-state index contributed by atoms with van der Waals surface area (Å²) in [6, 6.07) is 7.82. The van der Waals surface area contributed by atoms with Gasteiger partial charge in [0.2, 0.25) is 0 Å². The first-order valence-electron chi connectivity index (χ1n) is 9.24. The van der Waals surface area contributed by atoms with Gasteiger partial charge in [-0.1, -0.05) is 12.1 Å². The third-order valence-electron chi connectivity index (χ3n) is 4.78. The quantitative estimate of drug-likeness (QED) is 0.789. The molecule has 1 aromatic rings. The molecule has 0 aliphatic carbocycles. The number of nitrogens with one attached hydrogen (secondary N) is 2. The van der Waals surface area contributed by atoms with Crippen LogP contribution in [0.1, 0.15) is 48.0 Å². The molecule has 0 radical (unpaired) electrons. The van der Waals surface area contributed by atoms with E-state index in [0.29, 0.717) is 11.7 Å². The third-order valence-corrected chi connectivity index (χ3v) is 5.07. The molecule has 3 rings (SSSR count). The molecule has 2 aliphatic rings. The van der Waals surface area contributed by atoms with Gasteiger partial charge in [0.05, 0.1) is 6.10 Å². The Bertz CT molecular complexity index is 596. The summed E-state index contributed by atoms with van der Waals surface area (Å²) in [5.41, 5.74) is 1.82. The Morgan fingerprint density at radius 1 is 1.20 bits per heavy atom. The van der Waals surface area contributed by atoms with Crippen molar-refractivity contribution in [3.05, 3.63) is 35.4 Å². The van der Waals surface area contributed by atoms with E-state index in [1.54, 1.807) is 0 Å². The Morgan fingerprint density at radius 2 is 2.04 bits per heavy atom.